The number of allylic oxidation sites excluding steroid dienone is 3. The van der Waals surface area contributed by atoms with Gasteiger partial charge in [0, 0.05) is 21.9 Å². The van der Waals surface area contributed by atoms with Crippen LogP contribution in [0.1, 0.15) is 43.6 Å². The van der Waals surface area contributed by atoms with Crippen molar-refractivity contribution < 1.29 is 22.8 Å². The van der Waals surface area contributed by atoms with Crippen LogP contribution in [0.5, 0.6) is 0 Å². The first kappa shape index (κ1) is 25.3. The van der Waals surface area contributed by atoms with Crippen molar-refractivity contribution in [2.24, 2.45) is 0 Å². The molecule has 0 saturated heterocycles. The van der Waals surface area contributed by atoms with Gasteiger partial charge in [-0.25, -0.2) is 0 Å². The molecule has 0 aliphatic heterocycles. The third-order valence-corrected chi connectivity index (χ3v) is 3.75. The van der Waals surface area contributed by atoms with Gasteiger partial charge in [0.15, 0.2) is 6.29 Å². The van der Waals surface area contributed by atoms with E-state index in [-0.39, 0.29) is 22.5 Å². The number of anilines is 1. The Morgan fingerprint density at radius 1 is 1.29 bits per heavy atom. The van der Waals surface area contributed by atoms with Crippen LogP contribution in [0, 0.1) is 5.41 Å². The van der Waals surface area contributed by atoms with Gasteiger partial charge < -0.3 is 10.7 Å². The smallest absolute Gasteiger partial charge is 0.321 e. The highest BCUT2D eigenvalue weighted by molar-refractivity contribution is 6.36. The van der Waals surface area contributed by atoms with E-state index in [1.165, 1.54) is 32.0 Å². The number of rotatable bonds is 6. The number of aldehydes is 1. The Labute approximate surface area is 167 Å². The van der Waals surface area contributed by atoms with E-state index in [2.05, 4.69) is 11.9 Å². The average molecular weight is 415 g/mol. The maximum absolute atomic E-state index is 13.2. The Hall–Kier alpha value is -2.67. The second-order valence-corrected chi connectivity index (χ2v) is 5.50. The SMILES string of the molecule is C=C/C(=C(C(=O)Nc1cccc(C=O)c1C(C)=N)\C(Cl)=C/C)C(F)(F)F.CC. The van der Waals surface area contributed by atoms with Crippen molar-refractivity contribution in [3.63, 3.8) is 0 Å². The third kappa shape index (κ3) is 6.20. The van der Waals surface area contributed by atoms with Gasteiger partial charge in [-0.05, 0) is 19.9 Å². The van der Waals surface area contributed by atoms with Gasteiger partial charge in [-0.2, -0.15) is 13.2 Å². The summed E-state index contributed by atoms with van der Waals surface area (Å²) in [6, 6.07) is 4.24. The molecule has 0 aliphatic carbocycles. The summed E-state index contributed by atoms with van der Waals surface area (Å²) < 4.78 is 39.7. The molecule has 0 unspecified atom stereocenters. The number of hydrogen-bond acceptors (Lipinski definition) is 3. The van der Waals surface area contributed by atoms with Crippen molar-refractivity contribution in [2.75, 3.05) is 5.32 Å². The predicted molar refractivity (Wildman–Crippen MR) is 107 cm³/mol. The molecule has 0 spiro atoms. The Morgan fingerprint density at radius 3 is 2.25 bits per heavy atom. The molecule has 1 amide bonds. The largest absolute Gasteiger partial charge is 0.417 e. The topological polar surface area (TPSA) is 70.0 Å². The average Bonchev–Trinajstić information content (AvgIpc) is 2.65. The van der Waals surface area contributed by atoms with Crippen LogP contribution in [0.4, 0.5) is 18.9 Å². The van der Waals surface area contributed by atoms with Crippen molar-refractivity contribution >= 4 is 35.2 Å². The van der Waals surface area contributed by atoms with E-state index in [1.807, 2.05) is 13.8 Å². The molecule has 152 valence electrons. The van der Waals surface area contributed by atoms with Crippen LogP contribution in [0.15, 0.2) is 53.1 Å². The molecule has 0 aliphatic rings. The van der Waals surface area contributed by atoms with Crippen LogP contribution in [0.3, 0.4) is 0 Å². The molecule has 2 N–H and O–H groups in total. The minimum atomic E-state index is -4.84. The summed E-state index contributed by atoms with van der Waals surface area (Å²) in [4.78, 5) is 23.7. The number of carbonyl (C=O) groups is 2. The predicted octanol–water partition coefficient (Wildman–Crippen LogP) is 6.04. The van der Waals surface area contributed by atoms with Crippen LogP contribution in [0.25, 0.3) is 0 Å². The van der Waals surface area contributed by atoms with Gasteiger partial charge in [0.1, 0.15) is 0 Å². The molecule has 0 heterocycles. The fourth-order valence-corrected chi connectivity index (χ4v) is 2.43. The van der Waals surface area contributed by atoms with E-state index in [1.54, 1.807) is 0 Å². The van der Waals surface area contributed by atoms with E-state index in [0.29, 0.717) is 12.4 Å². The normalized spacial score (nSPS) is 12.2. The number of alkyl halides is 3. The van der Waals surface area contributed by atoms with Crippen molar-refractivity contribution in [3.8, 4) is 0 Å². The molecule has 1 rings (SSSR count). The number of amides is 1. The molecule has 0 bridgehead atoms. The van der Waals surface area contributed by atoms with Gasteiger partial charge in [0.05, 0.1) is 16.8 Å². The van der Waals surface area contributed by atoms with Crippen LogP contribution in [-0.2, 0) is 4.79 Å². The maximum atomic E-state index is 13.2. The molecule has 28 heavy (non-hydrogen) atoms. The second kappa shape index (κ2) is 11.2. The van der Waals surface area contributed by atoms with Gasteiger partial charge in [-0.1, -0.05) is 56.3 Å². The van der Waals surface area contributed by atoms with E-state index in [9.17, 15) is 22.8 Å². The first-order valence-corrected chi connectivity index (χ1v) is 8.67. The number of benzene rings is 1. The first-order chi connectivity index (χ1) is 13.1. The summed E-state index contributed by atoms with van der Waals surface area (Å²) in [7, 11) is 0. The molecule has 1 aromatic rings. The highest BCUT2D eigenvalue weighted by Crippen LogP contribution is 2.34. The lowest BCUT2D eigenvalue weighted by Gasteiger charge is -2.17. The molecule has 8 heteroatoms. The van der Waals surface area contributed by atoms with E-state index in [4.69, 9.17) is 17.0 Å². The molecule has 0 aromatic heterocycles. The fourth-order valence-electron chi connectivity index (χ4n) is 2.24. The number of nitrogens with one attached hydrogen (secondary N) is 2. The zero-order valence-electron chi connectivity index (χ0n) is 16.0. The molecular formula is C20H22ClF3N2O2. The summed E-state index contributed by atoms with van der Waals surface area (Å²) in [5.41, 5.74) is -1.88. The lowest BCUT2D eigenvalue weighted by molar-refractivity contribution is -0.114. The number of hydrogen-bond donors (Lipinski definition) is 2. The molecular weight excluding hydrogens is 393 g/mol. The lowest BCUT2D eigenvalue weighted by Crippen LogP contribution is -2.23. The summed E-state index contributed by atoms with van der Waals surface area (Å²) in [6.45, 7) is 9.87. The number of halogens is 4. The molecule has 0 atom stereocenters. The maximum Gasteiger partial charge on any atom is 0.417 e. The zero-order valence-corrected chi connectivity index (χ0v) is 16.8. The van der Waals surface area contributed by atoms with Crippen molar-refractivity contribution in [3.05, 3.63) is 64.2 Å². The Kier molecular flexibility index (Phi) is 10.2. The van der Waals surface area contributed by atoms with Crippen LogP contribution < -0.4 is 5.32 Å². The fraction of sp³-hybridized carbons (Fsp3) is 0.250. The van der Waals surface area contributed by atoms with E-state index >= 15 is 0 Å². The Balaban J connectivity index is 0.00000352. The standard InChI is InChI=1S/C18H16ClF3N2O2.C2H6/c1-4-12(18(20,21)22)16(13(19)5-2)17(26)24-14-8-6-7-11(9-25)15(14)10(3)23;1-2/h4-9,23H,1H2,2-3H3,(H,24,26);1-2H3/b13-5+,16-12-,23-10?;. The molecule has 0 fully saturated rings. The third-order valence-electron chi connectivity index (χ3n) is 3.35. The Bertz CT molecular complexity index is 825. The molecule has 1 aromatic carbocycles. The first-order valence-electron chi connectivity index (χ1n) is 8.29. The minimum absolute atomic E-state index is 0.0238. The van der Waals surface area contributed by atoms with E-state index in [0.717, 1.165) is 6.08 Å². The van der Waals surface area contributed by atoms with Crippen LogP contribution in [-0.4, -0.2) is 24.1 Å². The summed E-state index contributed by atoms with van der Waals surface area (Å²) in [5.74, 6) is -1.13. The summed E-state index contributed by atoms with van der Waals surface area (Å²) in [5, 5.41) is 9.65. The summed E-state index contributed by atoms with van der Waals surface area (Å²) >= 11 is 5.83. The van der Waals surface area contributed by atoms with Gasteiger partial charge in [0.2, 0.25) is 0 Å². The lowest BCUT2D eigenvalue weighted by atomic mass is 10.0. The van der Waals surface area contributed by atoms with Crippen molar-refractivity contribution in [2.45, 2.75) is 33.9 Å². The highest BCUT2D eigenvalue weighted by Gasteiger charge is 2.37. The number of carbonyl (C=O) groups excluding carboxylic acids is 2. The van der Waals surface area contributed by atoms with Crippen LogP contribution >= 0.6 is 11.6 Å². The zero-order chi connectivity index (χ0) is 22.1. The molecule has 4 nitrogen and oxygen atoms in total. The van der Waals surface area contributed by atoms with E-state index < -0.39 is 28.3 Å². The molecule has 0 saturated carbocycles. The monoisotopic (exact) mass is 414 g/mol. The Morgan fingerprint density at radius 2 is 1.86 bits per heavy atom. The van der Waals surface area contributed by atoms with Crippen LogP contribution in [0.2, 0.25) is 0 Å². The second-order valence-electron chi connectivity index (χ2n) is 5.09. The van der Waals surface area contributed by atoms with Gasteiger partial charge in [-0.15, -0.1) is 0 Å². The van der Waals surface area contributed by atoms with Crippen molar-refractivity contribution in [1.29, 1.82) is 5.41 Å². The summed E-state index contributed by atoms with van der Waals surface area (Å²) in [6.07, 6.45) is -2.70. The van der Waals surface area contributed by atoms with Gasteiger partial charge in [0.25, 0.3) is 5.91 Å². The minimum Gasteiger partial charge on any atom is -0.321 e. The van der Waals surface area contributed by atoms with Crippen molar-refractivity contribution in [1.82, 2.24) is 0 Å². The van der Waals surface area contributed by atoms with Gasteiger partial charge in [-0.3, -0.25) is 9.59 Å². The van der Waals surface area contributed by atoms with Gasteiger partial charge >= 0.3 is 6.18 Å². The highest BCUT2D eigenvalue weighted by atomic mass is 35.5. The quantitative estimate of drug-likeness (QED) is 0.258. The molecule has 0 radical (unpaired) electrons.